The molecule has 2 aromatic rings. The molecule has 1 amide bonds. The minimum atomic E-state index is -0.0753. The number of fused-ring (bicyclic) bond motifs is 2. The Bertz CT molecular complexity index is 884. The van der Waals surface area contributed by atoms with Crippen LogP contribution in [0.5, 0.6) is 0 Å². The first kappa shape index (κ1) is 17.0. The van der Waals surface area contributed by atoms with Gasteiger partial charge in [0.25, 0.3) is 0 Å². The molecule has 1 saturated heterocycles. The Kier molecular flexibility index (Phi) is 3.57. The smallest absolute Gasteiger partial charge is 0.228 e. The number of carbonyl (C=O) groups excluding carboxylic acids is 1. The third kappa shape index (κ3) is 2.40. The maximum Gasteiger partial charge on any atom is 0.228 e. The predicted molar refractivity (Wildman–Crippen MR) is 102 cm³/mol. The van der Waals surface area contributed by atoms with Crippen LogP contribution in [0.2, 0.25) is 0 Å². The summed E-state index contributed by atoms with van der Waals surface area (Å²) in [5.74, 6) is 1.51. The Morgan fingerprint density at radius 2 is 1.78 bits per heavy atom. The fourth-order valence-electron chi connectivity index (χ4n) is 4.91. The highest BCUT2D eigenvalue weighted by Crippen LogP contribution is 2.48. The molecule has 2 fully saturated rings. The van der Waals surface area contributed by atoms with Crippen LogP contribution in [0.15, 0.2) is 18.5 Å². The van der Waals surface area contributed by atoms with Crippen molar-refractivity contribution in [3.63, 3.8) is 0 Å². The number of aromatic nitrogens is 4. The second kappa shape index (κ2) is 5.67. The normalized spacial score (nSPS) is 23.4. The number of amides is 1. The monoisotopic (exact) mass is 368 g/mol. The Morgan fingerprint density at radius 1 is 1.04 bits per heavy atom. The van der Waals surface area contributed by atoms with Crippen molar-refractivity contribution < 1.29 is 4.79 Å². The van der Waals surface area contributed by atoms with Crippen LogP contribution >= 0.6 is 0 Å². The number of aryl methyl sites for hydroxylation is 1. The van der Waals surface area contributed by atoms with Gasteiger partial charge in [-0.25, -0.2) is 4.98 Å². The largest absolute Gasteiger partial charge is 0.342 e. The van der Waals surface area contributed by atoms with Gasteiger partial charge in [-0.3, -0.25) is 14.4 Å². The van der Waals surface area contributed by atoms with Gasteiger partial charge in [0.05, 0.1) is 23.1 Å². The summed E-state index contributed by atoms with van der Waals surface area (Å²) in [4.78, 5) is 22.2. The average Bonchev–Trinajstić information content (AvgIpc) is 3.08. The summed E-state index contributed by atoms with van der Waals surface area (Å²) in [7, 11) is 4.18. The van der Waals surface area contributed by atoms with E-state index in [1.54, 1.807) is 0 Å². The molecule has 0 aromatic carbocycles. The van der Waals surface area contributed by atoms with Crippen LogP contribution in [0.3, 0.4) is 0 Å². The molecule has 0 unspecified atom stereocenters. The molecule has 27 heavy (non-hydrogen) atoms. The van der Waals surface area contributed by atoms with Gasteiger partial charge in [0.1, 0.15) is 5.82 Å². The van der Waals surface area contributed by atoms with Gasteiger partial charge in [0, 0.05) is 44.8 Å². The second-order valence-electron chi connectivity index (χ2n) is 8.76. The lowest BCUT2D eigenvalue weighted by Gasteiger charge is -2.49. The summed E-state index contributed by atoms with van der Waals surface area (Å²) in [5.41, 5.74) is 2.09. The van der Waals surface area contributed by atoms with Crippen molar-refractivity contribution in [2.75, 3.05) is 26.7 Å². The SMILES string of the molecule is CN1CCn2c(-c3ccnn3C)cnc2C12CCN(C(=O)C1(C)CC1)CC2. The van der Waals surface area contributed by atoms with Crippen LogP contribution in [0.25, 0.3) is 11.4 Å². The lowest BCUT2D eigenvalue weighted by atomic mass is 9.83. The first-order valence-corrected chi connectivity index (χ1v) is 10.00. The molecule has 0 atom stereocenters. The van der Waals surface area contributed by atoms with Crippen LogP contribution in [0.1, 0.15) is 38.4 Å². The molecule has 2 aromatic heterocycles. The number of rotatable bonds is 2. The Labute approximate surface area is 160 Å². The molecule has 0 N–H and O–H groups in total. The van der Waals surface area contributed by atoms with Crippen molar-refractivity contribution in [1.29, 1.82) is 0 Å². The van der Waals surface area contributed by atoms with Crippen molar-refractivity contribution in [2.24, 2.45) is 12.5 Å². The molecule has 7 nitrogen and oxygen atoms in total. The summed E-state index contributed by atoms with van der Waals surface area (Å²) in [6, 6.07) is 2.05. The Morgan fingerprint density at radius 3 is 2.41 bits per heavy atom. The zero-order valence-corrected chi connectivity index (χ0v) is 16.5. The van der Waals surface area contributed by atoms with E-state index in [0.29, 0.717) is 5.91 Å². The van der Waals surface area contributed by atoms with Gasteiger partial charge >= 0.3 is 0 Å². The van der Waals surface area contributed by atoms with E-state index in [0.717, 1.165) is 69.1 Å². The molecule has 0 radical (unpaired) electrons. The maximum atomic E-state index is 12.8. The van der Waals surface area contributed by atoms with E-state index < -0.39 is 0 Å². The molecule has 3 aliphatic rings. The fraction of sp³-hybridized carbons (Fsp3) is 0.650. The van der Waals surface area contributed by atoms with Gasteiger partial charge in [-0.2, -0.15) is 5.10 Å². The number of carbonyl (C=O) groups is 1. The summed E-state index contributed by atoms with van der Waals surface area (Å²) >= 11 is 0. The van der Waals surface area contributed by atoms with E-state index in [1.807, 2.05) is 30.2 Å². The second-order valence-corrected chi connectivity index (χ2v) is 8.76. The van der Waals surface area contributed by atoms with Gasteiger partial charge in [-0.15, -0.1) is 0 Å². The summed E-state index contributed by atoms with van der Waals surface area (Å²) in [6.45, 7) is 5.70. The molecule has 2 aliphatic heterocycles. The highest BCUT2D eigenvalue weighted by Gasteiger charge is 2.51. The Hall–Kier alpha value is -2.15. The van der Waals surface area contributed by atoms with Crippen LogP contribution in [-0.2, 0) is 23.9 Å². The highest BCUT2D eigenvalue weighted by molar-refractivity contribution is 5.85. The minimum Gasteiger partial charge on any atom is -0.342 e. The average molecular weight is 368 g/mol. The first-order valence-electron chi connectivity index (χ1n) is 10.00. The fourth-order valence-corrected chi connectivity index (χ4v) is 4.91. The van der Waals surface area contributed by atoms with E-state index in [4.69, 9.17) is 4.98 Å². The van der Waals surface area contributed by atoms with Crippen molar-refractivity contribution >= 4 is 5.91 Å². The van der Waals surface area contributed by atoms with E-state index in [1.165, 1.54) is 0 Å². The Balaban J connectivity index is 1.45. The number of hydrogen-bond acceptors (Lipinski definition) is 4. The van der Waals surface area contributed by atoms with Gasteiger partial charge in [-0.1, -0.05) is 6.92 Å². The molecule has 1 saturated carbocycles. The predicted octanol–water partition coefficient (Wildman–Crippen LogP) is 1.85. The van der Waals surface area contributed by atoms with Gasteiger partial charge in [0.15, 0.2) is 0 Å². The number of imidazole rings is 1. The lowest BCUT2D eigenvalue weighted by molar-refractivity contribution is -0.139. The van der Waals surface area contributed by atoms with Gasteiger partial charge < -0.3 is 9.47 Å². The van der Waals surface area contributed by atoms with Crippen molar-refractivity contribution in [3.8, 4) is 11.4 Å². The molecule has 144 valence electrons. The third-order valence-corrected chi connectivity index (χ3v) is 7.14. The standard InChI is InChI=1S/C20H28N6O/c1-19(5-6-19)18(27)25-10-7-20(8-11-25)17-21-14-16(15-4-9-22-24(15)3)26(17)13-12-23(20)2/h4,9,14H,5-8,10-13H2,1-3H3. The van der Waals surface area contributed by atoms with Crippen LogP contribution < -0.4 is 0 Å². The zero-order valence-electron chi connectivity index (χ0n) is 16.5. The van der Waals surface area contributed by atoms with Gasteiger partial charge in [-0.05, 0) is 38.8 Å². The highest BCUT2D eigenvalue weighted by atomic mass is 16.2. The molecular weight excluding hydrogens is 340 g/mol. The van der Waals surface area contributed by atoms with E-state index in [2.05, 4.69) is 33.4 Å². The zero-order chi connectivity index (χ0) is 18.8. The van der Waals surface area contributed by atoms with E-state index in [9.17, 15) is 4.79 Å². The summed E-state index contributed by atoms with van der Waals surface area (Å²) in [6.07, 6.45) is 7.83. The van der Waals surface area contributed by atoms with Crippen molar-refractivity contribution in [2.45, 2.75) is 44.7 Å². The molecular formula is C20H28N6O. The third-order valence-electron chi connectivity index (χ3n) is 7.14. The molecule has 0 bridgehead atoms. The maximum absolute atomic E-state index is 12.8. The summed E-state index contributed by atoms with van der Waals surface area (Å²) < 4.78 is 4.28. The number of likely N-dealkylation sites (tertiary alicyclic amines) is 1. The molecule has 1 spiro atoms. The van der Waals surface area contributed by atoms with E-state index in [-0.39, 0.29) is 11.0 Å². The summed E-state index contributed by atoms with van der Waals surface area (Å²) in [5, 5.41) is 4.32. The van der Waals surface area contributed by atoms with Crippen LogP contribution in [0.4, 0.5) is 0 Å². The number of piperidine rings is 1. The topological polar surface area (TPSA) is 59.2 Å². The number of nitrogens with zero attached hydrogens (tertiary/aromatic N) is 6. The molecule has 1 aliphatic carbocycles. The molecule has 7 heteroatoms. The molecule has 5 rings (SSSR count). The lowest BCUT2D eigenvalue weighted by Crippen LogP contribution is -2.57. The first-order chi connectivity index (χ1) is 12.9. The quantitative estimate of drug-likeness (QED) is 0.812. The number of hydrogen-bond donors (Lipinski definition) is 0. The minimum absolute atomic E-state index is 0.0731. The van der Waals surface area contributed by atoms with Crippen LogP contribution in [-0.4, -0.2) is 61.7 Å². The molecule has 4 heterocycles. The number of likely N-dealkylation sites (N-methyl/N-ethyl adjacent to an activating group) is 1. The van der Waals surface area contributed by atoms with Crippen molar-refractivity contribution in [3.05, 3.63) is 24.3 Å². The van der Waals surface area contributed by atoms with Gasteiger partial charge in [0.2, 0.25) is 5.91 Å². The van der Waals surface area contributed by atoms with Crippen LogP contribution in [0, 0.1) is 5.41 Å². The van der Waals surface area contributed by atoms with Crippen molar-refractivity contribution in [1.82, 2.24) is 29.1 Å². The van der Waals surface area contributed by atoms with E-state index >= 15 is 0 Å².